The smallest absolute Gasteiger partial charge is 0.354 e. The van der Waals surface area contributed by atoms with Crippen LogP contribution in [0.1, 0.15) is 23.3 Å². The molecule has 1 aliphatic heterocycles. The highest BCUT2D eigenvalue weighted by molar-refractivity contribution is 5.90. The van der Waals surface area contributed by atoms with Gasteiger partial charge in [0.25, 0.3) is 0 Å². The molecule has 3 amide bonds. The van der Waals surface area contributed by atoms with E-state index in [1.165, 1.54) is 18.3 Å². The summed E-state index contributed by atoms with van der Waals surface area (Å²) in [6, 6.07) is 2.28. The summed E-state index contributed by atoms with van der Waals surface area (Å²) in [7, 11) is 0. The summed E-state index contributed by atoms with van der Waals surface area (Å²) in [5, 5.41) is 16.6. The van der Waals surface area contributed by atoms with E-state index in [0.717, 1.165) is 0 Å². The average molecular weight is 278 g/mol. The lowest BCUT2D eigenvalue weighted by molar-refractivity contribution is -0.119. The van der Waals surface area contributed by atoms with Crippen LogP contribution in [0, 0.1) is 0 Å². The lowest BCUT2D eigenvalue weighted by Gasteiger charge is -2.12. The molecule has 0 bridgehead atoms. The minimum atomic E-state index is -1.13. The van der Waals surface area contributed by atoms with Gasteiger partial charge < -0.3 is 21.1 Å². The Morgan fingerprint density at radius 1 is 1.45 bits per heavy atom. The number of aromatic carboxylic acids is 1. The highest BCUT2D eigenvalue weighted by atomic mass is 16.4. The fraction of sp³-hybridized carbons (Fsp3) is 0.333. The average Bonchev–Trinajstić information content (AvgIpc) is 2.83. The quantitative estimate of drug-likeness (QED) is 0.626. The molecular weight excluding hydrogens is 264 g/mol. The summed E-state index contributed by atoms with van der Waals surface area (Å²) in [6.45, 7) is 0.345. The third kappa shape index (κ3) is 3.67. The number of nitrogens with one attached hydrogen (secondary N) is 3. The van der Waals surface area contributed by atoms with E-state index < -0.39 is 12.0 Å². The van der Waals surface area contributed by atoms with Gasteiger partial charge >= 0.3 is 12.0 Å². The van der Waals surface area contributed by atoms with E-state index in [9.17, 15) is 14.4 Å². The van der Waals surface area contributed by atoms with Gasteiger partial charge in [-0.2, -0.15) is 0 Å². The number of nitrogens with zero attached hydrogens (tertiary/aromatic N) is 1. The normalized spacial score (nSPS) is 17.4. The molecule has 0 aromatic carbocycles. The monoisotopic (exact) mass is 278 g/mol. The van der Waals surface area contributed by atoms with Crippen molar-refractivity contribution in [2.45, 2.75) is 18.9 Å². The van der Waals surface area contributed by atoms with Crippen molar-refractivity contribution in [1.29, 1.82) is 0 Å². The van der Waals surface area contributed by atoms with E-state index in [1.54, 1.807) is 0 Å². The summed E-state index contributed by atoms with van der Waals surface area (Å²) in [6.07, 6.45) is 2.45. The van der Waals surface area contributed by atoms with Gasteiger partial charge in [-0.3, -0.25) is 4.79 Å². The van der Waals surface area contributed by atoms with Crippen molar-refractivity contribution < 1.29 is 19.5 Å². The number of carbonyl (C=O) groups excluding carboxylic acids is 2. The molecule has 1 fully saturated rings. The Morgan fingerprint density at radius 2 is 2.25 bits per heavy atom. The van der Waals surface area contributed by atoms with Gasteiger partial charge in [0.15, 0.2) is 0 Å². The Hall–Kier alpha value is -2.64. The molecule has 106 valence electrons. The third-order valence-corrected chi connectivity index (χ3v) is 2.83. The van der Waals surface area contributed by atoms with Gasteiger partial charge in [0.05, 0.1) is 11.9 Å². The van der Waals surface area contributed by atoms with Crippen LogP contribution in [0.2, 0.25) is 0 Å². The van der Waals surface area contributed by atoms with Gasteiger partial charge in [-0.1, -0.05) is 0 Å². The van der Waals surface area contributed by atoms with Crippen LogP contribution in [0.4, 0.5) is 10.5 Å². The Bertz CT molecular complexity index is 529. The molecular formula is C12H14N4O4. The number of carboxylic acid groups (broad SMARTS) is 1. The number of rotatable bonds is 4. The molecule has 1 aliphatic rings. The molecule has 0 aliphatic carbocycles. The van der Waals surface area contributed by atoms with E-state index in [-0.39, 0.29) is 17.6 Å². The summed E-state index contributed by atoms with van der Waals surface area (Å²) >= 11 is 0. The lowest BCUT2D eigenvalue weighted by Crippen LogP contribution is -2.40. The van der Waals surface area contributed by atoms with Crippen LogP contribution in [0.15, 0.2) is 18.3 Å². The standard InChI is InChI=1S/C12H14N4O4/c17-10-4-2-7(15-10)6-14-12(20)16-8-1-3-9(11(18)19)13-5-8/h1,3,5,7H,2,4,6H2,(H,15,17)(H,18,19)(H2,14,16,20). The molecule has 2 rings (SSSR count). The topological polar surface area (TPSA) is 120 Å². The Morgan fingerprint density at radius 3 is 2.80 bits per heavy atom. The maximum absolute atomic E-state index is 11.6. The number of hydrogen-bond donors (Lipinski definition) is 4. The first-order valence-corrected chi connectivity index (χ1v) is 6.08. The first-order chi connectivity index (χ1) is 9.54. The number of carboxylic acids is 1. The van der Waals surface area contributed by atoms with Crippen LogP contribution >= 0.6 is 0 Å². The Labute approximate surface area is 114 Å². The molecule has 1 unspecified atom stereocenters. The molecule has 8 heteroatoms. The molecule has 0 radical (unpaired) electrons. The fourth-order valence-electron chi connectivity index (χ4n) is 1.82. The van der Waals surface area contributed by atoms with Gasteiger partial charge in [0.1, 0.15) is 5.69 Å². The number of amides is 3. The third-order valence-electron chi connectivity index (χ3n) is 2.83. The number of hydrogen-bond acceptors (Lipinski definition) is 4. The molecule has 4 N–H and O–H groups in total. The number of pyridine rings is 1. The van der Waals surface area contributed by atoms with Gasteiger partial charge in [-0.05, 0) is 18.6 Å². The molecule has 1 aromatic heterocycles. The number of carbonyl (C=O) groups is 3. The van der Waals surface area contributed by atoms with Gasteiger partial charge in [-0.15, -0.1) is 0 Å². The summed E-state index contributed by atoms with van der Waals surface area (Å²) in [5.74, 6) is -1.14. The molecule has 8 nitrogen and oxygen atoms in total. The van der Waals surface area contributed by atoms with Crippen molar-refractivity contribution in [3.63, 3.8) is 0 Å². The molecule has 0 saturated carbocycles. The number of urea groups is 1. The Kier molecular flexibility index (Phi) is 4.14. The Balaban J connectivity index is 1.79. The molecule has 0 spiro atoms. The predicted octanol–water partition coefficient (Wildman–Crippen LogP) is 0.180. The zero-order valence-corrected chi connectivity index (χ0v) is 10.5. The second kappa shape index (κ2) is 6.00. The van der Waals surface area contributed by atoms with Crippen LogP contribution in [0.5, 0.6) is 0 Å². The molecule has 20 heavy (non-hydrogen) atoms. The van der Waals surface area contributed by atoms with Crippen LogP contribution in [-0.2, 0) is 4.79 Å². The molecule has 2 heterocycles. The first kappa shape index (κ1) is 13.8. The van der Waals surface area contributed by atoms with E-state index in [2.05, 4.69) is 20.9 Å². The van der Waals surface area contributed by atoms with Crippen molar-refractivity contribution in [3.8, 4) is 0 Å². The summed E-state index contributed by atoms with van der Waals surface area (Å²) < 4.78 is 0. The van der Waals surface area contributed by atoms with Crippen molar-refractivity contribution in [2.75, 3.05) is 11.9 Å². The van der Waals surface area contributed by atoms with Crippen molar-refractivity contribution >= 4 is 23.6 Å². The van der Waals surface area contributed by atoms with Crippen molar-refractivity contribution in [3.05, 3.63) is 24.0 Å². The SMILES string of the molecule is O=C1CCC(CNC(=O)Nc2ccc(C(=O)O)nc2)N1. The van der Waals surface area contributed by atoms with Crippen LogP contribution < -0.4 is 16.0 Å². The van der Waals surface area contributed by atoms with E-state index in [0.29, 0.717) is 25.1 Å². The summed E-state index contributed by atoms with van der Waals surface area (Å²) in [5.41, 5.74) is 0.299. The highest BCUT2D eigenvalue weighted by Crippen LogP contribution is 2.07. The summed E-state index contributed by atoms with van der Waals surface area (Å²) in [4.78, 5) is 36.9. The van der Waals surface area contributed by atoms with E-state index in [4.69, 9.17) is 5.11 Å². The van der Waals surface area contributed by atoms with E-state index >= 15 is 0 Å². The lowest BCUT2D eigenvalue weighted by atomic mass is 10.2. The number of aromatic nitrogens is 1. The first-order valence-electron chi connectivity index (χ1n) is 6.08. The van der Waals surface area contributed by atoms with Crippen LogP contribution in [0.3, 0.4) is 0 Å². The molecule has 1 atom stereocenters. The van der Waals surface area contributed by atoms with Crippen LogP contribution in [0.25, 0.3) is 0 Å². The number of anilines is 1. The minimum Gasteiger partial charge on any atom is -0.477 e. The highest BCUT2D eigenvalue weighted by Gasteiger charge is 2.20. The largest absolute Gasteiger partial charge is 0.477 e. The van der Waals surface area contributed by atoms with Gasteiger partial charge in [-0.25, -0.2) is 14.6 Å². The van der Waals surface area contributed by atoms with Gasteiger partial charge in [0, 0.05) is 19.0 Å². The van der Waals surface area contributed by atoms with E-state index in [1.807, 2.05) is 0 Å². The minimum absolute atomic E-state index is 0.00864. The molecule has 1 aromatic rings. The van der Waals surface area contributed by atoms with Crippen LogP contribution in [-0.4, -0.2) is 40.6 Å². The molecule has 1 saturated heterocycles. The second-order valence-corrected chi connectivity index (χ2v) is 4.38. The zero-order valence-electron chi connectivity index (χ0n) is 10.5. The fourth-order valence-corrected chi connectivity index (χ4v) is 1.82. The van der Waals surface area contributed by atoms with Crippen molar-refractivity contribution in [2.24, 2.45) is 0 Å². The predicted molar refractivity (Wildman–Crippen MR) is 69.4 cm³/mol. The second-order valence-electron chi connectivity index (χ2n) is 4.38. The zero-order chi connectivity index (χ0) is 14.5. The maximum atomic E-state index is 11.6. The van der Waals surface area contributed by atoms with Gasteiger partial charge in [0.2, 0.25) is 5.91 Å². The van der Waals surface area contributed by atoms with Crippen molar-refractivity contribution in [1.82, 2.24) is 15.6 Å². The maximum Gasteiger partial charge on any atom is 0.354 e.